The third-order valence-electron chi connectivity index (χ3n) is 5.89. The molecule has 0 bridgehead atoms. The van der Waals surface area contributed by atoms with Crippen molar-refractivity contribution in [2.45, 2.75) is 37.6 Å². The zero-order valence-electron chi connectivity index (χ0n) is 17.5. The average Bonchev–Trinajstić information content (AvgIpc) is 3.27. The quantitative estimate of drug-likeness (QED) is 0.214. The van der Waals surface area contributed by atoms with Gasteiger partial charge in [0.2, 0.25) is 15.8 Å². The van der Waals surface area contributed by atoms with Crippen LogP contribution in [0.4, 0.5) is 0 Å². The predicted molar refractivity (Wildman–Crippen MR) is 118 cm³/mol. The Labute approximate surface area is 192 Å². The van der Waals surface area contributed by atoms with Gasteiger partial charge in [0.25, 0.3) is 16.5 Å². The number of hydrogen-bond acceptors (Lipinski definition) is 7. The van der Waals surface area contributed by atoms with Crippen molar-refractivity contribution < 1.29 is 32.8 Å². The molecule has 4 heterocycles. The first-order chi connectivity index (χ1) is 15.0. The van der Waals surface area contributed by atoms with E-state index in [9.17, 15) is 28.2 Å². The summed E-state index contributed by atoms with van der Waals surface area (Å²) in [6.07, 6.45) is 4.68. The maximum atomic E-state index is 12.6. The van der Waals surface area contributed by atoms with Gasteiger partial charge >= 0.3 is 5.97 Å². The Morgan fingerprint density at radius 2 is 2.16 bits per heavy atom. The summed E-state index contributed by atoms with van der Waals surface area (Å²) in [5.74, 6) is -2.39. The number of carboxylic acid groups (broad SMARTS) is 1. The van der Waals surface area contributed by atoms with Crippen molar-refractivity contribution in [1.29, 1.82) is 0 Å². The fourth-order valence-electron chi connectivity index (χ4n) is 4.62. The van der Waals surface area contributed by atoms with E-state index in [4.69, 9.17) is 5.14 Å². The summed E-state index contributed by atoms with van der Waals surface area (Å²) in [6.45, 7) is 3.94. The molecule has 2 aromatic heterocycles. The fourth-order valence-corrected chi connectivity index (χ4v) is 7.20. The van der Waals surface area contributed by atoms with Crippen LogP contribution in [0.2, 0.25) is 0 Å². The number of nitrogens with two attached hydrogens (primary N) is 1. The number of thiazole rings is 1. The minimum absolute atomic E-state index is 0.0233. The SMILES string of the molecule is CSc1c2sc(C3=C(C(=O)O)N4C(=O)[C@H]([C@@H](C)O)[C@H]4[C@H]3C)cn2c[n+]1CCNS(N)(=O)=O. The molecule has 0 radical (unpaired) electrons. The van der Waals surface area contributed by atoms with Crippen LogP contribution in [0.15, 0.2) is 23.2 Å². The normalized spacial score (nSPS) is 24.2. The highest BCUT2D eigenvalue weighted by Gasteiger charge is 2.60. The van der Waals surface area contributed by atoms with E-state index >= 15 is 0 Å². The topological polar surface area (TPSA) is 158 Å². The number of aliphatic carboxylic acids is 1. The lowest BCUT2D eigenvalue weighted by Gasteiger charge is -2.46. The van der Waals surface area contributed by atoms with Gasteiger partial charge in [0.05, 0.1) is 22.9 Å². The molecule has 2 aromatic rings. The summed E-state index contributed by atoms with van der Waals surface area (Å²) in [4.78, 5) is 27.6. The first-order valence-electron chi connectivity index (χ1n) is 9.80. The number of hydrogen-bond donors (Lipinski definition) is 4. The van der Waals surface area contributed by atoms with E-state index in [1.54, 1.807) is 6.92 Å². The smallest absolute Gasteiger partial charge is 0.352 e. The molecule has 4 rings (SSSR count). The highest BCUT2D eigenvalue weighted by Crippen LogP contribution is 2.51. The van der Waals surface area contributed by atoms with Crippen LogP contribution in [0.3, 0.4) is 0 Å². The van der Waals surface area contributed by atoms with Crippen LogP contribution >= 0.6 is 23.1 Å². The van der Waals surface area contributed by atoms with Gasteiger partial charge < -0.3 is 15.1 Å². The van der Waals surface area contributed by atoms with Gasteiger partial charge in [-0.3, -0.25) is 4.79 Å². The number of nitrogens with zero attached hydrogens (tertiary/aromatic N) is 3. The number of carbonyl (C=O) groups is 2. The number of nitrogens with one attached hydrogen (secondary N) is 1. The summed E-state index contributed by atoms with van der Waals surface area (Å²) in [5.41, 5.74) is 0.562. The van der Waals surface area contributed by atoms with Gasteiger partial charge in [-0.25, -0.2) is 14.5 Å². The van der Waals surface area contributed by atoms with Crippen molar-refractivity contribution >= 4 is 55.6 Å². The maximum Gasteiger partial charge on any atom is 0.352 e. The number of carboxylic acids is 1. The predicted octanol–water partition coefficient (Wildman–Crippen LogP) is -0.543. The van der Waals surface area contributed by atoms with Crippen molar-refractivity contribution in [3.8, 4) is 0 Å². The number of aliphatic hydroxyl groups excluding tert-OH is 1. The molecule has 1 saturated heterocycles. The number of imidazole rings is 1. The number of β-lactam (4-membered cyclic amide) rings is 1. The number of aliphatic hydroxyl groups is 1. The van der Waals surface area contributed by atoms with Crippen LogP contribution in [-0.2, 0) is 26.3 Å². The van der Waals surface area contributed by atoms with Crippen molar-refractivity contribution in [2.75, 3.05) is 12.8 Å². The Kier molecular flexibility index (Phi) is 5.88. The molecule has 2 aliphatic rings. The van der Waals surface area contributed by atoms with Crippen LogP contribution in [0.1, 0.15) is 18.7 Å². The van der Waals surface area contributed by atoms with E-state index in [0.717, 1.165) is 14.7 Å². The van der Waals surface area contributed by atoms with Gasteiger partial charge in [-0.15, -0.1) is 0 Å². The van der Waals surface area contributed by atoms with E-state index < -0.39 is 28.2 Å². The number of aromatic nitrogens is 2. The maximum absolute atomic E-state index is 12.6. The van der Waals surface area contributed by atoms with Gasteiger partial charge in [0.15, 0.2) is 0 Å². The van der Waals surface area contributed by atoms with E-state index in [1.165, 1.54) is 28.0 Å². The lowest BCUT2D eigenvalue weighted by molar-refractivity contribution is -0.727. The van der Waals surface area contributed by atoms with E-state index in [-0.39, 0.29) is 30.1 Å². The molecule has 0 aromatic carbocycles. The number of carbonyl (C=O) groups excluding carboxylic acids is 1. The first-order valence-corrected chi connectivity index (χ1v) is 13.4. The molecule has 0 unspecified atom stereocenters. The van der Waals surface area contributed by atoms with E-state index in [0.29, 0.717) is 12.1 Å². The highest BCUT2D eigenvalue weighted by atomic mass is 32.2. The van der Waals surface area contributed by atoms with Gasteiger partial charge in [-0.2, -0.15) is 17.5 Å². The van der Waals surface area contributed by atoms with Crippen molar-refractivity contribution in [2.24, 2.45) is 17.0 Å². The minimum Gasteiger partial charge on any atom is -0.477 e. The lowest BCUT2D eigenvalue weighted by Crippen LogP contribution is -2.63. The third-order valence-corrected chi connectivity index (χ3v) is 8.59. The van der Waals surface area contributed by atoms with E-state index in [1.807, 2.05) is 34.7 Å². The lowest BCUT2D eigenvalue weighted by atomic mass is 9.77. The van der Waals surface area contributed by atoms with Crippen LogP contribution in [0, 0.1) is 11.8 Å². The highest BCUT2D eigenvalue weighted by molar-refractivity contribution is 7.98. The zero-order chi connectivity index (χ0) is 23.5. The molecule has 0 saturated carbocycles. The third kappa shape index (κ3) is 3.64. The van der Waals surface area contributed by atoms with Gasteiger partial charge in [-0.05, 0) is 13.2 Å². The van der Waals surface area contributed by atoms with Crippen molar-refractivity contribution in [3.63, 3.8) is 0 Å². The largest absolute Gasteiger partial charge is 0.477 e. The summed E-state index contributed by atoms with van der Waals surface area (Å²) < 4.78 is 28.2. The molecule has 11 nitrogen and oxygen atoms in total. The minimum atomic E-state index is -3.77. The Balaban J connectivity index is 1.71. The summed E-state index contributed by atoms with van der Waals surface area (Å²) in [6, 6.07) is -0.376. The number of amides is 1. The van der Waals surface area contributed by atoms with Gasteiger partial charge in [0, 0.05) is 18.0 Å². The molecule has 14 heteroatoms. The second-order valence-electron chi connectivity index (χ2n) is 7.89. The van der Waals surface area contributed by atoms with Crippen LogP contribution in [-0.4, -0.2) is 64.8 Å². The monoisotopic (exact) mass is 502 g/mol. The average molecular weight is 503 g/mol. The summed E-state index contributed by atoms with van der Waals surface area (Å²) in [5, 5.41) is 25.8. The molecule has 1 fully saturated rings. The van der Waals surface area contributed by atoms with Crippen LogP contribution in [0.25, 0.3) is 10.4 Å². The summed E-state index contributed by atoms with van der Waals surface area (Å²) >= 11 is 2.89. The summed E-state index contributed by atoms with van der Waals surface area (Å²) in [7, 11) is -3.77. The molecule has 1 amide bonds. The van der Waals surface area contributed by atoms with Gasteiger partial charge in [0.1, 0.15) is 18.4 Å². The first kappa shape index (κ1) is 23.2. The van der Waals surface area contributed by atoms with Crippen LogP contribution < -0.4 is 14.4 Å². The molecule has 5 N–H and O–H groups in total. The van der Waals surface area contributed by atoms with Gasteiger partial charge in [-0.1, -0.05) is 30.0 Å². The molecule has 32 heavy (non-hydrogen) atoms. The molecular weight excluding hydrogens is 478 g/mol. The second-order valence-corrected chi connectivity index (χ2v) is 11.1. The second kappa shape index (κ2) is 8.11. The Morgan fingerprint density at radius 3 is 2.72 bits per heavy atom. The van der Waals surface area contributed by atoms with Crippen molar-refractivity contribution in [3.05, 3.63) is 23.1 Å². The zero-order valence-corrected chi connectivity index (χ0v) is 20.0. The Bertz CT molecular complexity index is 1250. The number of thioether (sulfide) groups is 1. The van der Waals surface area contributed by atoms with E-state index in [2.05, 4.69) is 4.72 Å². The molecule has 0 spiro atoms. The molecule has 4 atom stereocenters. The van der Waals surface area contributed by atoms with Crippen LogP contribution in [0.5, 0.6) is 0 Å². The fraction of sp³-hybridized carbons (Fsp3) is 0.500. The van der Waals surface area contributed by atoms with Crippen molar-refractivity contribution in [1.82, 2.24) is 14.0 Å². The molecular formula is C18H24N5O6S3+. The number of rotatable bonds is 8. The number of fused-ring (bicyclic) bond motifs is 2. The molecule has 0 aliphatic carbocycles. The standard InChI is InChI=1S/C18H23N5O6S3/c1-8-11(14(18(26)27)23-13(8)12(9(2)24)15(23)25)10-6-22-7-21(5-4-20-32(19,28)29)16(30-3)17(22)31-10/h6-9,12-13,20,24H,4-5H2,1-3H3,(H2-,19,26,27,28,29)/p+1/t8-,9+,12+,13+/m0/s1. The molecule has 2 aliphatic heterocycles. The Morgan fingerprint density at radius 1 is 1.47 bits per heavy atom. The molecule has 174 valence electrons. The Hall–Kier alpha value is -1.97.